The number of halogens is 2. The predicted molar refractivity (Wildman–Crippen MR) is 39.2 cm³/mol. The van der Waals surface area contributed by atoms with Crippen molar-refractivity contribution >= 4 is 0 Å². The van der Waals surface area contributed by atoms with Crippen LogP contribution in [-0.4, -0.2) is 51.0 Å². The third-order valence-corrected chi connectivity index (χ3v) is 1.98. The molecule has 12 heavy (non-hydrogen) atoms. The van der Waals surface area contributed by atoms with Gasteiger partial charge >= 0.3 is 0 Å². The Balaban J connectivity index is 2.52. The molecule has 5 heteroatoms. The fourth-order valence-electron chi connectivity index (χ4n) is 1.19. The van der Waals surface area contributed by atoms with Gasteiger partial charge in [-0.2, -0.15) is 0 Å². The van der Waals surface area contributed by atoms with Crippen LogP contribution in [0.5, 0.6) is 0 Å². The first-order chi connectivity index (χ1) is 5.76. The lowest BCUT2D eigenvalue weighted by Crippen LogP contribution is -2.54. The molecular weight excluding hydrogens is 168 g/mol. The molecule has 1 fully saturated rings. The summed E-state index contributed by atoms with van der Waals surface area (Å²) in [6.07, 6.45) is 0. The number of hydrogen-bond acceptors (Lipinski definition) is 3. The van der Waals surface area contributed by atoms with Gasteiger partial charge in [0.05, 0.1) is 13.2 Å². The highest BCUT2D eigenvalue weighted by Gasteiger charge is 2.36. The van der Waals surface area contributed by atoms with Crippen molar-refractivity contribution in [3.63, 3.8) is 0 Å². The predicted octanol–water partition coefficient (Wildman–Crippen LogP) is 0.558. The van der Waals surface area contributed by atoms with Gasteiger partial charge in [0.2, 0.25) is 5.79 Å². The zero-order valence-corrected chi connectivity index (χ0v) is 7.06. The summed E-state index contributed by atoms with van der Waals surface area (Å²) in [6.45, 7) is -0.395. The zero-order valence-electron chi connectivity index (χ0n) is 7.06. The molecule has 0 N–H and O–H groups in total. The molecule has 0 saturated carbocycles. The van der Waals surface area contributed by atoms with E-state index in [2.05, 4.69) is 0 Å². The summed E-state index contributed by atoms with van der Waals surface area (Å²) in [5, 5.41) is 0. The van der Waals surface area contributed by atoms with E-state index in [0.29, 0.717) is 13.2 Å². The van der Waals surface area contributed by atoms with Crippen molar-refractivity contribution in [1.82, 2.24) is 4.90 Å². The lowest BCUT2D eigenvalue weighted by Gasteiger charge is -2.38. The maximum atomic E-state index is 12.4. The van der Waals surface area contributed by atoms with Crippen LogP contribution in [0.1, 0.15) is 0 Å². The molecule has 0 aromatic rings. The standard InChI is InChI=1S/C7H13F2NO2/c1-11-7(4-8)5-10(6-9)2-3-12-7/h2-6H2,1H3. The molecule has 1 aliphatic heterocycles. The molecule has 1 unspecified atom stereocenters. The third kappa shape index (κ3) is 1.91. The Morgan fingerprint density at radius 2 is 2.33 bits per heavy atom. The van der Waals surface area contributed by atoms with Crippen LogP contribution < -0.4 is 0 Å². The van der Waals surface area contributed by atoms with E-state index >= 15 is 0 Å². The van der Waals surface area contributed by atoms with Crippen molar-refractivity contribution in [2.45, 2.75) is 5.79 Å². The van der Waals surface area contributed by atoms with E-state index in [4.69, 9.17) is 9.47 Å². The van der Waals surface area contributed by atoms with Crippen molar-refractivity contribution in [2.24, 2.45) is 0 Å². The number of ether oxygens (including phenoxy) is 2. The molecule has 1 aliphatic rings. The largest absolute Gasteiger partial charge is 0.350 e. The maximum Gasteiger partial charge on any atom is 0.209 e. The molecule has 1 atom stereocenters. The van der Waals surface area contributed by atoms with E-state index < -0.39 is 19.3 Å². The lowest BCUT2D eigenvalue weighted by atomic mass is 10.2. The molecule has 1 saturated heterocycles. The zero-order chi connectivity index (χ0) is 9.03. The third-order valence-electron chi connectivity index (χ3n) is 1.98. The molecule has 3 nitrogen and oxygen atoms in total. The summed E-state index contributed by atoms with van der Waals surface area (Å²) in [7, 11) is 1.36. The maximum absolute atomic E-state index is 12.4. The van der Waals surface area contributed by atoms with Gasteiger partial charge in [0.15, 0.2) is 0 Å². The minimum atomic E-state index is -1.25. The van der Waals surface area contributed by atoms with E-state index in [1.54, 1.807) is 0 Å². The van der Waals surface area contributed by atoms with Gasteiger partial charge in [-0.25, -0.2) is 8.78 Å². The van der Waals surface area contributed by atoms with Crippen molar-refractivity contribution in [2.75, 3.05) is 40.3 Å². The quantitative estimate of drug-likeness (QED) is 0.594. The first-order valence-electron chi connectivity index (χ1n) is 3.80. The molecule has 0 spiro atoms. The molecule has 0 aromatic heterocycles. The average molecular weight is 181 g/mol. The van der Waals surface area contributed by atoms with Crippen LogP contribution in [0.4, 0.5) is 8.78 Å². The first kappa shape index (κ1) is 9.83. The SMILES string of the molecule is COC1(CF)CN(CF)CCO1. The Hall–Kier alpha value is -0.260. The fourth-order valence-corrected chi connectivity index (χ4v) is 1.19. The van der Waals surface area contributed by atoms with Crippen LogP contribution in [0.2, 0.25) is 0 Å². The van der Waals surface area contributed by atoms with Crippen molar-refractivity contribution < 1.29 is 18.3 Å². The summed E-state index contributed by atoms with van der Waals surface area (Å²) in [4.78, 5) is 1.45. The van der Waals surface area contributed by atoms with Crippen molar-refractivity contribution in [3.05, 3.63) is 0 Å². The van der Waals surface area contributed by atoms with Crippen LogP contribution in [-0.2, 0) is 9.47 Å². The van der Waals surface area contributed by atoms with Crippen molar-refractivity contribution in [3.8, 4) is 0 Å². The highest BCUT2D eigenvalue weighted by molar-refractivity contribution is 4.77. The minimum Gasteiger partial charge on any atom is -0.350 e. The van der Waals surface area contributed by atoms with Crippen molar-refractivity contribution in [1.29, 1.82) is 0 Å². The highest BCUT2D eigenvalue weighted by atomic mass is 19.1. The van der Waals surface area contributed by atoms with Gasteiger partial charge in [-0.15, -0.1) is 0 Å². The second kappa shape index (κ2) is 4.11. The molecule has 0 aliphatic carbocycles. The second-order valence-corrected chi connectivity index (χ2v) is 2.77. The van der Waals surface area contributed by atoms with Crippen LogP contribution in [0, 0.1) is 0 Å². The van der Waals surface area contributed by atoms with Crippen LogP contribution in [0.25, 0.3) is 0 Å². The first-order valence-corrected chi connectivity index (χ1v) is 3.80. The highest BCUT2D eigenvalue weighted by Crippen LogP contribution is 2.19. The number of nitrogens with zero attached hydrogens (tertiary/aromatic N) is 1. The van der Waals surface area contributed by atoms with Crippen LogP contribution >= 0.6 is 0 Å². The molecular formula is C7H13F2NO2. The summed E-state index contributed by atoms with van der Waals surface area (Å²) in [5.41, 5.74) is 0. The summed E-state index contributed by atoms with van der Waals surface area (Å²) < 4.78 is 34.6. The van der Waals surface area contributed by atoms with Gasteiger partial charge in [-0.3, -0.25) is 4.90 Å². The topological polar surface area (TPSA) is 21.7 Å². The van der Waals surface area contributed by atoms with E-state index in [9.17, 15) is 8.78 Å². The van der Waals surface area contributed by atoms with Gasteiger partial charge in [0.1, 0.15) is 13.5 Å². The number of alkyl halides is 2. The Labute approximate surface area is 70.2 Å². The van der Waals surface area contributed by atoms with Gasteiger partial charge < -0.3 is 9.47 Å². The van der Waals surface area contributed by atoms with Gasteiger partial charge in [0, 0.05) is 13.7 Å². The average Bonchev–Trinajstić information content (AvgIpc) is 2.18. The summed E-state index contributed by atoms with van der Waals surface area (Å²) in [5.74, 6) is -1.25. The number of hydrogen-bond donors (Lipinski definition) is 0. The molecule has 1 heterocycles. The van der Waals surface area contributed by atoms with E-state index in [-0.39, 0.29) is 6.54 Å². The summed E-state index contributed by atoms with van der Waals surface area (Å²) in [6, 6.07) is 0. The van der Waals surface area contributed by atoms with Gasteiger partial charge in [-0.05, 0) is 0 Å². The Morgan fingerprint density at radius 3 is 2.83 bits per heavy atom. The Morgan fingerprint density at radius 1 is 1.58 bits per heavy atom. The van der Waals surface area contributed by atoms with Crippen LogP contribution in [0.3, 0.4) is 0 Å². The van der Waals surface area contributed by atoms with E-state index in [1.807, 2.05) is 0 Å². The summed E-state index contributed by atoms with van der Waals surface area (Å²) >= 11 is 0. The lowest BCUT2D eigenvalue weighted by molar-refractivity contribution is -0.263. The molecule has 72 valence electrons. The minimum absolute atomic E-state index is 0.149. The molecule has 0 bridgehead atoms. The normalized spacial score (nSPS) is 32.2. The second-order valence-electron chi connectivity index (χ2n) is 2.77. The molecule has 1 rings (SSSR count). The Kier molecular flexibility index (Phi) is 3.37. The van der Waals surface area contributed by atoms with E-state index in [0.717, 1.165) is 0 Å². The molecule has 0 amide bonds. The molecule has 0 radical (unpaired) electrons. The fraction of sp³-hybridized carbons (Fsp3) is 1.00. The number of morpholine rings is 1. The smallest absolute Gasteiger partial charge is 0.209 e. The van der Waals surface area contributed by atoms with Gasteiger partial charge in [-0.1, -0.05) is 0 Å². The van der Waals surface area contributed by atoms with Crippen LogP contribution in [0.15, 0.2) is 0 Å². The Bertz CT molecular complexity index is 141. The number of methoxy groups -OCH3 is 1. The van der Waals surface area contributed by atoms with Gasteiger partial charge in [0.25, 0.3) is 0 Å². The number of rotatable bonds is 3. The van der Waals surface area contributed by atoms with E-state index in [1.165, 1.54) is 12.0 Å². The monoisotopic (exact) mass is 181 g/mol. The molecule has 0 aromatic carbocycles.